The van der Waals surface area contributed by atoms with Gasteiger partial charge in [-0.25, -0.2) is 8.42 Å². The first-order valence-corrected chi connectivity index (χ1v) is 9.52. The van der Waals surface area contributed by atoms with Crippen molar-refractivity contribution in [3.63, 3.8) is 0 Å². The van der Waals surface area contributed by atoms with Gasteiger partial charge in [-0.15, -0.1) is 0 Å². The first kappa shape index (κ1) is 15.3. The number of hydrogen-bond donors (Lipinski definition) is 1. The number of nitrogens with zero attached hydrogens (tertiary/aromatic N) is 1. The fraction of sp³-hybridized carbons (Fsp3) is 1.00. The lowest BCUT2D eigenvalue weighted by molar-refractivity contribution is 0.154. The molecule has 0 bridgehead atoms. The Hall–Kier alpha value is -0.130. The third-order valence-corrected chi connectivity index (χ3v) is 6.47. The van der Waals surface area contributed by atoms with Crippen LogP contribution in [-0.2, 0) is 9.84 Å². The third kappa shape index (κ3) is 4.43. The molecule has 1 aliphatic heterocycles. The first-order chi connectivity index (χ1) is 8.97. The number of hydrogen-bond acceptors (Lipinski definition) is 4. The standard InChI is InChI=1S/C14H28N2O2S/c1-16(11-12-6-8-15-9-7-12)13-4-3-5-14(10-13)19(2,17)18/h12-15H,3-11H2,1-2H3. The molecule has 1 saturated carbocycles. The second kappa shape index (κ2) is 6.55. The van der Waals surface area contributed by atoms with Gasteiger partial charge in [0.25, 0.3) is 0 Å². The van der Waals surface area contributed by atoms with Crippen LogP contribution in [0.15, 0.2) is 0 Å². The van der Waals surface area contributed by atoms with Crippen LogP contribution in [0.3, 0.4) is 0 Å². The summed E-state index contributed by atoms with van der Waals surface area (Å²) in [6, 6.07) is 0.461. The van der Waals surface area contributed by atoms with Crippen LogP contribution < -0.4 is 5.32 Å². The van der Waals surface area contributed by atoms with Gasteiger partial charge < -0.3 is 10.2 Å². The highest BCUT2D eigenvalue weighted by Crippen LogP contribution is 2.27. The predicted octanol–water partition coefficient (Wildman–Crippen LogP) is 1.27. The van der Waals surface area contributed by atoms with Gasteiger partial charge in [-0.1, -0.05) is 6.42 Å². The molecule has 0 spiro atoms. The number of nitrogens with one attached hydrogen (secondary N) is 1. The Bertz CT molecular complexity index is 377. The summed E-state index contributed by atoms with van der Waals surface area (Å²) in [6.07, 6.45) is 7.81. The minimum atomic E-state index is -2.86. The van der Waals surface area contributed by atoms with Gasteiger partial charge in [0.1, 0.15) is 9.84 Å². The smallest absolute Gasteiger partial charge is 0.150 e. The van der Waals surface area contributed by atoms with Crippen LogP contribution in [0.25, 0.3) is 0 Å². The zero-order valence-corrected chi connectivity index (χ0v) is 13.1. The van der Waals surface area contributed by atoms with E-state index in [1.54, 1.807) is 0 Å². The molecule has 1 saturated heterocycles. The summed E-state index contributed by atoms with van der Waals surface area (Å²) >= 11 is 0. The lowest BCUT2D eigenvalue weighted by atomic mass is 9.91. The van der Waals surface area contributed by atoms with Crippen LogP contribution >= 0.6 is 0 Å². The Balaban J connectivity index is 1.86. The second-order valence-corrected chi connectivity index (χ2v) is 8.73. The molecule has 2 fully saturated rings. The molecule has 5 heteroatoms. The van der Waals surface area contributed by atoms with Gasteiger partial charge in [0.2, 0.25) is 0 Å². The molecule has 2 unspecified atom stereocenters. The van der Waals surface area contributed by atoms with E-state index in [2.05, 4.69) is 17.3 Å². The second-order valence-electron chi connectivity index (χ2n) is 6.40. The molecule has 2 aliphatic rings. The van der Waals surface area contributed by atoms with Crippen LogP contribution in [-0.4, -0.2) is 57.5 Å². The summed E-state index contributed by atoms with van der Waals surface area (Å²) in [7, 11) is -0.684. The Kier molecular flexibility index (Phi) is 5.26. The molecule has 2 rings (SSSR count). The lowest BCUT2D eigenvalue weighted by Gasteiger charge is -2.37. The predicted molar refractivity (Wildman–Crippen MR) is 79.1 cm³/mol. The summed E-state index contributed by atoms with van der Waals surface area (Å²) < 4.78 is 23.4. The molecule has 0 aromatic rings. The van der Waals surface area contributed by atoms with Crippen molar-refractivity contribution in [2.75, 3.05) is 32.9 Å². The monoisotopic (exact) mass is 288 g/mol. The molecule has 112 valence electrons. The van der Waals surface area contributed by atoms with E-state index in [0.717, 1.165) is 51.2 Å². The molecular weight excluding hydrogens is 260 g/mol. The van der Waals surface area contributed by atoms with E-state index in [1.807, 2.05) is 0 Å². The van der Waals surface area contributed by atoms with Crippen LogP contribution in [0.4, 0.5) is 0 Å². The number of rotatable bonds is 4. The van der Waals surface area contributed by atoms with Crippen molar-refractivity contribution < 1.29 is 8.42 Å². The van der Waals surface area contributed by atoms with Crippen LogP contribution in [0.5, 0.6) is 0 Å². The van der Waals surface area contributed by atoms with Crippen molar-refractivity contribution in [3.8, 4) is 0 Å². The normalized spacial score (nSPS) is 30.7. The van der Waals surface area contributed by atoms with E-state index >= 15 is 0 Å². The number of piperidine rings is 1. The number of sulfone groups is 1. The van der Waals surface area contributed by atoms with Crippen molar-refractivity contribution in [3.05, 3.63) is 0 Å². The molecule has 19 heavy (non-hydrogen) atoms. The summed E-state index contributed by atoms with van der Waals surface area (Å²) in [4.78, 5) is 2.42. The summed E-state index contributed by atoms with van der Waals surface area (Å²) in [5, 5.41) is 3.29. The van der Waals surface area contributed by atoms with E-state index in [1.165, 1.54) is 19.1 Å². The molecule has 4 nitrogen and oxygen atoms in total. The Morgan fingerprint density at radius 1 is 1.16 bits per heavy atom. The molecule has 1 aliphatic carbocycles. The average Bonchev–Trinajstić information content (AvgIpc) is 2.39. The molecule has 1 heterocycles. The van der Waals surface area contributed by atoms with Crippen molar-refractivity contribution in [1.29, 1.82) is 0 Å². The van der Waals surface area contributed by atoms with Gasteiger partial charge >= 0.3 is 0 Å². The van der Waals surface area contributed by atoms with E-state index < -0.39 is 9.84 Å². The van der Waals surface area contributed by atoms with Gasteiger partial charge in [-0.3, -0.25) is 0 Å². The molecule has 1 N–H and O–H groups in total. The minimum Gasteiger partial charge on any atom is -0.317 e. The Labute approximate surface area is 117 Å². The van der Waals surface area contributed by atoms with Crippen molar-refractivity contribution in [1.82, 2.24) is 10.2 Å². The van der Waals surface area contributed by atoms with Gasteiger partial charge in [0, 0.05) is 18.8 Å². The summed E-state index contributed by atoms with van der Waals surface area (Å²) in [6.45, 7) is 3.40. The average molecular weight is 288 g/mol. The van der Waals surface area contributed by atoms with E-state index in [-0.39, 0.29) is 5.25 Å². The van der Waals surface area contributed by atoms with E-state index in [9.17, 15) is 8.42 Å². The van der Waals surface area contributed by atoms with Gasteiger partial charge in [-0.2, -0.15) is 0 Å². The maximum Gasteiger partial charge on any atom is 0.150 e. The molecular formula is C14H28N2O2S. The van der Waals surface area contributed by atoms with Gasteiger partial charge in [0.15, 0.2) is 0 Å². The van der Waals surface area contributed by atoms with Crippen LogP contribution in [0.2, 0.25) is 0 Å². The SMILES string of the molecule is CN(CC1CCNCC1)C1CCCC(S(C)(=O)=O)C1. The largest absolute Gasteiger partial charge is 0.317 e. The topological polar surface area (TPSA) is 49.4 Å². The highest BCUT2D eigenvalue weighted by molar-refractivity contribution is 7.91. The molecule has 0 radical (unpaired) electrons. The van der Waals surface area contributed by atoms with Gasteiger partial charge in [0.05, 0.1) is 5.25 Å². The van der Waals surface area contributed by atoms with Gasteiger partial charge in [-0.05, 0) is 58.2 Å². The maximum absolute atomic E-state index is 11.7. The quantitative estimate of drug-likeness (QED) is 0.846. The molecule has 2 atom stereocenters. The van der Waals surface area contributed by atoms with Crippen molar-refractivity contribution in [2.24, 2.45) is 5.92 Å². The van der Waals surface area contributed by atoms with Crippen molar-refractivity contribution >= 4 is 9.84 Å². The zero-order chi connectivity index (χ0) is 13.9. The molecule has 0 amide bonds. The zero-order valence-electron chi connectivity index (χ0n) is 12.3. The molecule has 0 aromatic heterocycles. The fourth-order valence-corrected chi connectivity index (χ4v) is 4.70. The van der Waals surface area contributed by atoms with Crippen LogP contribution in [0, 0.1) is 5.92 Å². The Morgan fingerprint density at radius 3 is 2.47 bits per heavy atom. The Morgan fingerprint density at radius 2 is 1.84 bits per heavy atom. The third-order valence-electron chi connectivity index (χ3n) is 4.83. The van der Waals surface area contributed by atoms with Crippen molar-refractivity contribution in [2.45, 2.75) is 49.8 Å². The fourth-order valence-electron chi connectivity index (χ4n) is 3.53. The minimum absolute atomic E-state index is 0.110. The summed E-state index contributed by atoms with van der Waals surface area (Å²) in [5.74, 6) is 0.782. The van der Waals surface area contributed by atoms with E-state index in [4.69, 9.17) is 0 Å². The highest BCUT2D eigenvalue weighted by Gasteiger charge is 2.31. The maximum atomic E-state index is 11.7. The molecule has 0 aromatic carbocycles. The highest BCUT2D eigenvalue weighted by atomic mass is 32.2. The lowest BCUT2D eigenvalue weighted by Crippen LogP contribution is -2.43. The summed E-state index contributed by atoms with van der Waals surface area (Å²) in [5.41, 5.74) is 0. The van der Waals surface area contributed by atoms with Crippen LogP contribution in [0.1, 0.15) is 38.5 Å². The first-order valence-electron chi connectivity index (χ1n) is 7.56. The van der Waals surface area contributed by atoms with E-state index in [0.29, 0.717) is 6.04 Å².